The van der Waals surface area contributed by atoms with Gasteiger partial charge in [-0.05, 0) is 24.3 Å². The Kier molecular flexibility index (Phi) is 6.06. The predicted molar refractivity (Wildman–Crippen MR) is 103 cm³/mol. The van der Waals surface area contributed by atoms with Crippen LogP contribution in [0.4, 0.5) is 10.1 Å². The number of hydrogen-bond donors (Lipinski definition) is 2. The number of anilines is 1. The number of aromatic carboxylic acids is 1. The van der Waals surface area contributed by atoms with Crippen molar-refractivity contribution in [1.82, 2.24) is 14.8 Å². The van der Waals surface area contributed by atoms with Crippen molar-refractivity contribution in [2.75, 3.05) is 5.73 Å². The maximum atomic E-state index is 12.9. The van der Waals surface area contributed by atoms with E-state index in [1.54, 1.807) is 35.3 Å². The minimum atomic E-state index is -1.21. The molecule has 0 bridgehead atoms. The van der Waals surface area contributed by atoms with Crippen LogP contribution in [-0.2, 0) is 6.54 Å². The summed E-state index contributed by atoms with van der Waals surface area (Å²) >= 11 is 0. The smallest absolute Gasteiger partial charge is 0.358 e. The Balaban J connectivity index is 0.000000171. The van der Waals surface area contributed by atoms with Crippen LogP contribution in [0.25, 0.3) is 11.3 Å². The number of hydrogen-bond acceptors (Lipinski definition) is 7. The average Bonchev–Trinajstić information content (AvgIpc) is 3.43. The first-order valence-corrected chi connectivity index (χ1v) is 8.63. The molecule has 0 saturated heterocycles. The third kappa shape index (κ3) is 4.98. The standard InChI is InChI=1S/C10H6FNO3.C10H11N3O2/c11-7-3-1-2-6(4-7)9-8(10(13)14)12-5-15-9;1-7(14)10-3-2-9(15-10)6-13-5-8(11)4-12-13/h1-5H,(H,13,14);2-5H,6,11H2,1H3. The van der Waals surface area contributed by atoms with Crippen molar-refractivity contribution in [2.24, 2.45) is 0 Å². The number of carboxylic acids is 1. The second kappa shape index (κ2) is 8.86. The molecule has 1 aromatic carbocycles. The number of oxazole rings is 1. The van der Waals surface area contributed by atoms with Gasteiger partial charge in [-0.15, -0.1) is 0 Å². The van der Waals surface area contributed by atoms with Gasteiger partial charge in [-0.2, -0.15) is 5.10 Å². The Morgan fingerprint density at radius 2 is 2.07 bits per heavy atom. The second-order valence-electron chi connectivity index (χ2n) is 6.14. The molecule has 0 saturated carbocycles. The fraction of sp³-hybridized carbons (Fsp3) is 0.100. The summed E-state index contributed by atoms with van der Waals surface area (Å²) in [6.07, 6.45) is 4.29. The highest BCUT2D eigenvalue weighted by molar-refractivity contribution is 5.92. The Morgan fingerprint density at radius 3 is 2.67 bits per heavy atom. The quantitative estimate of drug-likeness (QED) is 0.475. The fourth-order valence-electron chi connectivity index (χ4n) is 2.51. The van der Waals surface area contributed by atoms with E-state index in [9.17, 15) is 14.0 Å². The zero-order valence-electron chi connectivity index (χ0n) is 15.8. The van der Waals surface area contributed by atoms with Gasteiger partial charge in [0.1, 0.15) is 11.6 Å². The zero-order chi connectivity index (χ0) is 21.7. The fourth-order valence-corrected chi connectivity index (χ4v) is 2.51. The molecule has 0 amide bonds. The Morgan fingerprint density at radius 1 is 1.27 bits per heavy atom. The maximum absolute atomic E-state index is 12.9. The van der Waals surface area contributed by atoms with Crippen LogP contribution in [0.5, 0.6) is 0 Å². The lowest BCUT2D eigenvalue weighted by molar-refractivity contribution is 0.0691. The normalized spacial score (nSPS) is 10.3. The Hall–Kier alpha value is -4.21. The number of furan rings is 1. The summed E-state index contributed by atoms with van der Waals surface area (Å²) in [6, 6.07) is 8.89. The number of carbonyl (C=O) groups excluding carboxylic acids is 1. The Labute approximate surface area is 169 Å². The average molecular weight is 412 g/mol. The molecule has 3 heterocycles. The Bertz CT molecular complexity index is 1180. The molecule has 0 unspecified atom stereocenters. The zero-order valence-corrected chi connectivity index (χ0v) is 15.8. The van der Waals surface area contributed by atoms with Crippen LogP contribution in [-0.4, -0.2) is 31.6 Å². The highest BCUT2D eigenvalue weighted by Crippen LogP contribution is 2.23. The summed E-state index contributed by atoms with van der Waals surface area (Å²) in [5.41, 5.74) is 6.25. The minimum absolute atomic E-state index is 0.0574. The van der Waals surface area contributed by atoms with Crippen molar-refractivity contribution in [2.45, 2.75) is 13.5 Å². The summed E-state index contributed by atoms with van der Waals surface area (Å²) in [5.74, 6) is -0.639. The molecule has 0 radical (unpaired) electrons. The molecule has 154 valence electrons. The van der Waals surface area contributed by atoms with Gasteiger partial charge >= 0.3 is 5.97 Å². The van der Waals surface area contributed by atoms with Crippen LogP contribution < -0.4 is 5.73 Å². The number of nitrogen functional groups attached to an aromatic ring is 1. The van der Waals surface area contributed by atoms with Gasteiger partial charge in [-0.25, -0.2) is 14.2 Å². The molecule has 4 rings (SSSR count). The van der Waals surface area contributed by atoms with E-state index in [1.807, 2.05) is 0 Å². The van der Waals surface area contributed by atoms with Crippen LogP contribution in [0.3, 0.4) is 0 Å². The van der Waals surface area contributed by atoms with Crippen LogP contribution >= 0.6 is 0 Å². The van der Waals surface area contributed by atoms with E-state index < -0.39 is 11.8 Å². The minimum Gasteiger partial charge on any atom is -0.476 e. The van der Waals surface area contributed by atoms with E-state index in [1.165, 1.54) is 25.1 Å². The summed E-state index contributed by atoms with van der Waals surface area (Å²) in [4.78, 5) is 25.2. The van der Waals surface area contributed by atoms with Gasteiger partial charge < -0.3 is 19.7 Å². The van der Waals surface area contributed by atoms with E-state index in [0.717, 1.165) is 6.39 Å². The lowest BCUT2D eigenvalue weighted by Crippen LogP contribution is -1.98. The molecule has 0 aliphatic heterocycles. The summed E-state index contributed by atoms with van der Waals surface area (Å²) in [5, 5.41) is 12.8. The van der Waals surface area contributed by atoms with Crippen molar-refractivity contribution in [1.29, 1.82) is 0 Å². The summed E-state index contributed by atoms with van der Waals surface area (Å²) in [6.45, 7) is 1.94. The molecule has 3 aromatic heterocycles. The molecule has 0 fully saturated rings. The number of nitrogens with zero attached hydrogens (tertiary/aromatic N) is 3. The van der Waals surface area contributed by atoms with Gasteiger partial charge in [0, 0.05) is 18.7 Å². The molecule has 4 aromatic rings. The van der Waals surface area contributed by atoms with Crippen LogP contribution in [0, 0.1) is 5.82 Å². The van der Waals surface area contributed by atoms with Crippen LogP contribution in [0.1, 0.15) is 33.7 Å². The van der Waals surface area contributed by atoms with Gasteiger partial charge in [0.2, 0.25) is 0 Å². The first-order valence-electron chi connectivity index (χ1n) is 8.63. The van der Waals surface area contributed by atoms with Crippen molar-refractivity contribution in [3.05, 3.63) is 78.2 Å². The van der Waals surface area contributed by atoms with Crippen molar-refractivity contribution < 1.29 is 27.9 Å². The largest absolute Gasteiger partial charge is 0.476 e. The molecule has 10 heteroatoms. The van der Waals surface area contributed by atoms with E-state index in [0.29, 0.717) is 29.3 Å². The third-order valence-corrected chi connectivity index (χ3v) is 3.84. The third-order valence-electron chi connectivity index (χ3n) is 3.84. The summed E-state index contributed by atoms with van der Waals surface area (Å²) < 4.78 is 24.7. The van der Waals surface area contributed by atoms with E-state index in [4.69, 9.17) is 19.7 Å². The monoisotopic (exact) mass is 412 g/mol. The number of carbonyl (C=O) groups is 2. The van der Waals surface area contributed by atoms with Crippen LogP contribution in [0.15, 0.2) is 64.0 Å². The first-order chi connectivity index (χ1) is 14.3. The molecular weight excluding hydrogens is 395 g/mol. The van der Waals surface area contributed by atoms with Gasteiger partial charge in [0.15, 0.2) is 29.4 Å². The van der Waals surface area contributed by atoms with Gasteiger partial charge in [-0.3, -0.25) is 9.48 Å². The molecular formula is C20H17FN4O5. The lowest BCUT2D eigenvalue weighted by atomic mass is 10.1. The highest BCUT2D eigenvalue weighted by atomic mass is 19.1. The second-order valence-corrected chi connectivity index (χ2v) is 6.14. The van der Waals surface area contributed by atoms with Gasteiger partial charge in [0.05, 0.1) is 18.4 Å². The SMILES string of the molecule is CC(=O)c1ccc(Cn2cc(N)cn2)o1.O=C(O)c1ncoc1-c1cccc(F)c1. The van der Waals surface area contributed by atoms with Crippen LogP contribution in [0.2, 0.25) is 0 Å². The number of benzene rings is 1. The van der Waals surface area contributed by atoms with E-state index in [2.05, 4.69) is 10.1 Å². The molecule has 3 N–H and O–H groups in total. The number of Topliss-reactive ketones (excluding diaryl/α,β-unsaturated/α-hetero) is 1. The number of nitrogens with two attached hydrogens (primary N) is 1. The molecule has 9 nitrogen and oxygen atoms in total. The van der Waals surface area contributed by atoms with E-state index >= 15 is 0 Å². The molecule has 0 aliphatic rings. The van der Waals surface area contributed by atoms with Gasteiger partial charge in [-0.1, -0.05) is 12.1 Å². The topological polar surface area (TPSA) is 137 Å². The number of ketones is 1. The number of carboxylic acid groups (broad SMARTS) is 1. The van der Waals surface area contributed by atoms with Crippen molar-refractivity contribution in [3.63, 3.8) is 0 Å². The lowest BCUT2D eigenvalue weighted by Gasteiger charge is -1.97. The summed E-state index contributed by atoms with van der Waals surface area (Å²) in [7, 11) is 0. The van der Waals surface area contributed by atoms with E-state index in [-0.39, 0.29) is 17.2 Å². The van der Waals surface area contributed by atoms with Gasteiger partial charge in [0.25, 0.3) is 0 Å². The number of halogens is 1. The first kappa shape index (κ1) is 20.5. The van der Waals surface area contributed by atoms with Crippen molar-refractivity contribution >= 4 is 17.4 Å². The molecule has 30 heavy (non-hydrogen) atoms. The molecule has 0 aliphatic carbocycles. The molecule has 0 atom stereocenters. The highest BCUT2D eigenvalue weighted by Gasteiger charge is 2.17. The number of aromatic nitrogens is 3. The predicted octanol–water partition coefficient (Wildman–Crippen LogP) is 3.49. The maximum Gasteiger partial charge on any atom is 0.358 e. The van der Waals surface area contributed by atoms with Crippen molar-refractivity contribution in [3.8, 4) is 11.3 Å². The number of rotatable bonds is 5. The molecule has 0 spiro atoms.